The highest BCUT2D eigenvalue weighted by Crippen LogP contribution is 2.26. The molecule has 1 aromatic carbocycles. The van der Waals surface area contributed by atoms with Crippen molar-refractivity contribution in [2.24, 2.45) is 0 Å². The second kappa shape index (κ2) is 6.57. The number of nitrogens with one attached hydrogen (secondary N) is 1. The number of aliphatic hydroxyl groups excluding tert-OH is 1. The van der Waals surface area contributed by atoms with Crippen LogP contribution in [0.2, 0.25) is 0 Å². The fourth-order valence-corrected chi connectivity index (χ4v) is 2.11. The van der Waals surface area contributed by atoms with Gasteiger partial charge in [0.1, 0.15) is 0 Å². The smallest absolute Gasteiger partial charge is 0.317 e. The third-order valence-corrected chi connectivity index (χ3v) is 3.40. The van der Waals surface area contributed by atoms with E-state index in [-0.39, 0.29) is 12.6 Å². The second-order valence-electron chi connectivity index (χ2n) is 5.12. The van der Waals surface area contributed by atoms with E-state index >= 15 is 0 Å². The quantitative estimate of drug-likeness (QED) is 0.820. The molecule has 19 heavy (non-hydrogen) atoms. The van der Waals surface area contributed by atoms with E-state index in [4.69, 9.17) is 5.11 Å². The fraction of sp³-hybridized carbons (Fsp3) is 0.533. The Morgan fingerprint density at radius 2 is 2.05 bits per heavy atom. The average molecular weight is 262 g/mol. The Hall–Kier alpha value is -1.55. The van der Waals surface area contributed by atoms with E-state index in [2.05, 4.69) is 36.5 Å². The summed E-state index contributed by atoms with van der Waals surface area (Å²) in [5, 5.41) is 11.9. The molecule has 2 rings (SSSR count). The van der Waals surface area contributed by atoms with Crippen molar-refractivity contribution in [3.05, 3.63) is 35.4 Å². The largest absolute Gasteiger partial charge is 0.395 e. The first-order valence-corrected chi connectivity index (χ1v) is 6.91. The maximum Gasteiger partial charge on any atom is 0.317 e. The lowest BCUT2D eigenvalue weighted by molar-refractivity contribution is 0.174. The number of benzene rings is 1. The third kappa shape index (κ3) is 4.24. The minimum atomic E-state index is -0.0522. The van der Waals surface area contributed by atoms with Crippen LogP contribution in [0.1, 0.15) is 24.0 Å². The van der Waals surface area contributed by atoms with Crippen LogP contribution in [0, 0.1) is 6.92 Å². The molecule has 104 valence electrons. The summed E-state index contributed by atoms with van der Waals surface area (Å²) in [6, 6.07) is 8.64. The van der Waals surface area contributed by atoms with Gasteiger partial charge in [-0.25, -0.2) is 4.79 Å². The van der Waals surface area contributed by atoms with Crippen molar-refractivity contribution >= 4 is 6.03 Å². The highest BCUT2D eigenvalue weighted by atomic mass is 16.3. The molecule has 0 heterocycles. The molecule has 0 radical (unpaired) electrons. The Bertz CT molecular complexity index is 413. The highest BCUT2D eigenvalue weighted by Gasteiger charge is 2.31. The van der Waals surface area contributed by atoms with Crippen molar-refractivity contribution < 1.29 is 9.90 Å². The number of hydrogen-bond acceptors (Lipinski definition) is 2. The molecular weight excluding hydrogens is 240 g/mol. The summed E-state index contributed by atoms with van der Waals surface area (Å²) < 4.78 is 0. The summed E-state index contributed by atoms with van der Waals surface area (Å²) in [4.78, 5) is 13.7. The van der Waals surface area contributed by atoms with Gasteiger partial charge in [0, 0.05) is 19.1 Å². The maximum atomic E-state index is 12.0. The van der Waals surface area contributed by atoms with Crippen molar-refractivity contribution in [3.8, 4) is 0 Å². The SMILES string of the molecule is Cc1ccc(CCNC(=O)N(CCO)C2CC2)cc1. The zero-order valence-corrected chi connectivity index (χ0v) is 11.4. The van der Waals surface area contributed by atoms with E-state index < -0.39 is 0 Å². The zero-order valence-electron chi connectivity index (χ0n) is 11.4. The molecule has 4 heteroatoms. The van der Waals surface area contributed by atoms with Crippen LogP contribution in [0.15, 0.2) is 24.3 Å². The van der Waals surface area contributed by atoms with Gasteiger partial charge >= 0.3 is 6.03 Å². The molecule has 1 aromatic rings. The van der Waals surface area contributed by atoms with E-state index in [1.807, 2.05) is 0 Å². The van der Waals surface area contributed by atoms with Crippen LogP contribution in [-0.4, -0.2) is 41.8 Å². The van der Waals surface area contributed by atoms with Gasteiger partial charge in [-0.15, -0.1) is 0 Å². The third-order valence-electron chi connectivity index (χ3n) is 3.40. The molecule has 0 atom stereocenters. The monoisotopic (exact) mass is 262 g/mol. The molecular formula is C15H22N2O2. The van der Waals surface area contributed by atoms with Crippen molar-refractivity contribution in [3.63, 3.8) is 0 Å². The highest BCUT2D eigenvalue weighted by molar-refractivity contribution is 5.74. The first-order valence-electron chi connectivity index (χ1n) is 6.91. The van der Waals surface area contributed by atoms with Crippen LogP contribution in [0.25, 0.3) is 0 Å². The molecule has 0 aliphatic heterocycles. The number of carbonyl (C=O) groups is 1. The number of rotatable bonds is 6. The summed E-state index contributed by atoms with van der Waals surface area (Å²) in [7, 11) is 0. The number of carbonyl (C=O) groups excluding carboxylic acids is 1. The van der Waals surface area contributed by atoms with Gasteiger partial charge < -0.3 is 15.3 Å². The lowest BCUT2D eigenvalue weighted by Crippen LogP contribution is -2.43. The Morgan fingerprint density at radius 1 is 1.37 bits per heavy atom. The molecule has 0 unspecified atom stereocenters. The molecule has 1 saturated carbocycles. The molecule has 0 aromatic heterocycles. The van der Waals surface area contributed by atoms with E-state index in [1.54, 1.807) is 4.90 Å². The van der Waals surface area contributed by atoms with E-state index in [0.717, 1.165) is 19.3 Å². The van der Waals surface area contributed by atoms with Crippen molar-refractivity contribution in [2.75, 3.05) is 19.7 Å². The van der Waals surface area contributed by atoms with Gasteiger partial charge in [-0.3, -0.25) is 0 Å². The normalized spacial score (nSPS) is 14.2. The lowest BCUT2D eigenvalue weighted by atomic mass is 10.1. The Balaban J connectivity index is 1.75. The molecule has 2 N–H and O–H groups in total. The molecule has 4 nitrogen and oxygen atoms in total. The number of nitrogens with zero attached hydrogens (tertiary/aromatic N) is 1. The number of aliphatic hydroxyl groups is 1. The van der Waals surface area contributed by atoms with Crippen molar-refractivity contribution in [1.29, 1.82) is 0 Å². The van der Waals surface area contributed by atoms with E-state index in [1.165, 1.54) is 11.1 Å². The summed E-state index contributed by atoms with van der Waals surface area (Å²) in [5.74, 6) is 0. The molecule has 1 aliphatic carbocycles. The minimum Gasteiger partial charge on any atom is -0.395 e. The van der Waals surface area contributed by atoms with Crippen LogP contribution < -0.4 is 5.32 Å². The predicted molar refractivity (Wildman–Crippen MR) is 75.1 cm³/mol. The molecule has 0 saturated heterocycles. The zero-order chi connectivity index (χ0) is 13.7. The fourth-order valence-electron chi connectivity index (χ4n) is 2.11. The topological polar surface area (TPSA) is 52.6 Å². The Morgan fingerprint density at radius 3 is 2.63 bits per heavy atom. The molecule has 2 amide bonds. The van der Waals surface area contributed by atoms with Gasteiger partial charge in [-0.2, -0.15) is 0 Å². The predicted octanol–water partition coefficient (Wildman–Crippen LogP) is 1.70. The minimum absolute atomic E-state index is 0.0296. The maximum absolute atomic E-state index is 12.0. The first kappa shape index (κ1) is 13.9. The van der Waals surface area contributed by atoms with Gasteiger partial charge in [-0.1, -0.05) is 29.8 Å². The second-order valence-corrected chi connectivity index (χ2v) is 5.12. The van der Waals surface area contributed by atoms with Crippen LogP contribution in [0.5, 0.6) is 0 Å². The van der Waals surface area contributed by atoms with Crippen molar-refractivity contribution in [2.45, 2.75) is 32.2 Å². The summed E-state index contributed by atoms with van der Waals surface area (Å²) in [6.07, 6.45) is 2.96. The molecule has 0 spiro atoms. The van der Waals surface area contributed by atoms with Gasteiger partial charge in [0.05, 0.1) is 6.61 Å². The van der Waals surface area contributed by atoms with Crippen LogP contribution in [-0.2, 0) is 6.42 Å². The van der Waals surface area contributed by atoms with Crippen LogP contribution in [0.3, 0.4) is 0 Å². The van der Waals surface area contributed by atoms with Crippen LogP contribution in [0.4, 0.5) is 4.79 Å². The lowest BCUT2D eigenvalue weighted by Gasteiger charge is -2.21. The van der Waals surface area contributed by atoms with E-state index in [0.29, 0.717) is 19.1 Å². The van der Waals surface area contributed by atoms with Gasteiger partial charge in [0.2, 0.25) is 0 Å². The molecule has 1 aliphatic rings. The van der Waals surface area contributed by atoms with E-state index in [9.17, 15) is 4.79 Å². The Kier molecular flexibility index (Phi) is 4.80. The Labute approximate surface area is 114 Å². The standard InChI is InChI=1S/C15H22N2O2/c1-12-2-4-13(5-3-12)8-9-16-15(19)17(10-11-18)14-6-7-14/h2-5,14,18H,6-11H2,1H3,(H,16,19). The summed E-state index contributed by atoms with van der Waals surface area (Å²) in [6.45, 7) is 3.16. The van der Waals surface area contributed by atoms with Gasteiger partial charge in [0.25, 0.3) is 0 Å². The number of amides is 2. The average Bonchev–Trinajstić information content (AvgIpc) is 3.22. The molecule has 0 bridgehead atoms. The van der Waals surface area contributed by atoms with Crippen LogP contribution >= 0.6 is 0 Å². The number of urea groups is 1. The molecule has 1 fully saturated rings. The first-order chi connectivity index (χ1) is 9.20. The number of hydrogen-bond donors (Lipinski definition) is 2. The van der Waals surface area contributed by atoms with Gasteiger partial charge in [-0.05, 0) is 31.7 Å². The summed E-state index contributed by atoms with van der Waals surface area (Å²) >= 11 is 0. The van der Waals surface area contributed by atoms with Crippen molar-refractivity contribution in [1.82, 2.24) is 10.2 Å². The number of aryl methyl sites for hydroxylation is 1. The van der Waals surface area contributed by atoms with Gasteiger partial charge in [0.15, 0.2) is 0 Å². The summed E-state index contributed by atoms with van der Waals surface area (Å²) in [5.41, 5.74) is 2.47.